The Morgan fingerprint density at radius 1 is 1.47 bits per heavy atom. The quantitative estimate of drug-likeness (QED) is 0.925. The second-order valence-electron chi connectivity index (χ2n) is 4.59. The standard InChI is InChI=1S/C13H13ClFNO3/c1-7(13(18)19)16(9-3-4-9)12(17)8-2-5-11(15)10(14)6-8/h2,5-7,9H,3-4H2,1H3,(H,18,19). The zero-order valence-corrected chi connectivity index (χ0v) is 11.0. The van der Waals surface area contributed by atoms with Crippen LogP contribution in [0.3, 0.4) is 0 Å². The predicted octanol–water partition coefficient (Wildman–Crippen LogP) is 2.56. The molecule has 1 N–H and O–H groups in total. The minimum Gasteiger partial charge on any atom is -0.480 e. The Morgan fingerprint density at radius 2 is 2.11 bits per heavy atom. The third-order valence-corrected chi connectivity index (χ3v) is 3.41. The van der Waals surface area contributed by atoms with Crippen LogP contribution < -0.4 is 0 Å². The number of hydrogen-bond acceptors (Lipinski definition) is 2. The van der Waals surface area contributed by atoms with Crippen molar-refractivity contribution in [3.8, 4) is 0 Å². The van der Waals surface area contributed by atoms with E-state index in [0.717, 1.165) is 18.9 Å². The molecule has 19 heavy (non-hydrogen) atoms. The van der Waals surface area contributed by atoms with E-state index in [1.54, 1.807) is 0 Å². The van der Waals surface area contributed by atoms with Crippen molar-refractivity contribution in [3.05, 3.63) is 34.6 Å². The SMILES string of the molecule is CC(C(=O)O)N(C(=O)c1ccc(F)c(Cl)c1)C1CC1. The molecule has 1 saturated carbocycles. The van der Waals surface area contributed by atoms with Crippen LogP contribution in [-0.2, 0) is 4.79 Å². The van der Waals surface area contributed by atoms with Gasteiger partial charge in [-0.2, -0.15) is 0 Å². The summed E-state index contributed by atoms with van der Waals surface area (Å²) >= 11 is 5.64. The number of carboxylic acids is 1. The van der Waals surface area contributed by atoms with E-state index in [-0.39, 0.29) is 16.6 Å². The first-order valence-electron chi connectivity index (χ1n) is 5.92. The van der Waals surface area contributed by atoms with E-state index in [1.807, 2.05) is 0 Å². The number of rotatable bonds is 4. The van der Waals surface area contributed by atoms with Crippen LogP contribution in [0.5, 0.6) is 0 Å². The molecule has 1 aromatic carbocycles. The van der Waals surface area contributed by atoms with Gasteiger partial charge in [-0.15, -0.1) is 0 Å². The Labute approximate surface area is 114 Å². The molecule has 0 radical (unpaired) electrons. The molecule has 4 nitrogen and oxygen atoms in total. The van der Waals surface area contributed by atoms with Crippen molar-refractivity contribution in [2.75, 3.05) is 0 Å². The molecule has 1 unspecified atom stereocenters. The highest BCUT2D eigenvalue weighted by molar-refractivity contribution is 6.31. The molecule has 1 aliphatic carbocycles. The molecule has 2 rings (SSSR count). The van der Waals surface area contributed by atoms with Gasteiger partial charge in [0.1, 0.15) is 11.9 Å². The summed E-state index contributed by atoms with van der Waals surface area (Å²) in [5.41, 5.74) is 0.200. The first kappa shape index (κ1) is 13.8. The molecule has 1 fully saturated rings. The Balaban J connectivity index is 2.28. The van der Waals surface area contributed by atoms with Gasteiger partial charge in [-0.3, -0.25) is 4.79 Å². The van der Waals surface area contributed by atoms with E-state index in [9.17, 15) is 14.0 Å². The fraction of sp³-hybridized carbons (Fsp3) is 0.385. The third kappa shape index (κ3) is 2.87. The molecule has 1 atom stereocenters. The number of nitrogens with zero attached hydrogens (tertiary/aromatic N) is 1. The second kappa shape index (κ2) is 5.17. The molecule has 0 heterocycles. The van der Waals surface area contributed by atoms with Gasteiger partial charge in [-0.25, -0.2) is 9.18 Å². The Bertz CT molecular complexity index is 531. The molecule has 0 aliphatic heterocycles. The van der Waals surface area contributed by atoms with Gasteiger partial charge in [-0.1, -0.05) is 11.6 Å². The van der Waals surface area contributed by atoms with Crippen molar-refractivity contribution < 1.29 is 19.1 Å². The van der Waals surface area contributed by atoms with E-state index >= 15 is 0 Å². The van der Waals surface area contributed by atoms with E-state index in [4.69, 9.17) is 16.7 Å². The van der Waals surface area contributed by atoms with Gasteiger partial charge in [0.05, 0.1) is 5.02 Å². The lowest BCUT2D eigenvalue weighted by Crippen LogP contribution is -2.44. The predicted molar refractivity (Wildman–Crippen MR) is 67.7 cm³/mol. The van der Waals surface area contributed by atoms with Crippen LogP contribution in [0.2, 0.25) is 5.02 Å². The highest BCUT2D eigenvalue weighted by Crippen LogP contribution is 2.30. The highest BCUT2D eigenvalue weighted by atomic mass is 35.5. The summed E-state index contributed by atoms with van der Waals surface area (Å²) in [4.78, 5) is 24.7. The maximum atomic E-state index is 13.1. The van der Waals surface area contributed by atoms with Crippen molar-refractivity contribution in [2.45, 2.75) is 31.8 Å². The summed E-state index contributed by atoms with van der Waals surface area (Å²) in [7, 11) is 0. The number of aliphatic carboxylic acids is 1. The molecule has 102 valence electrons. The third-order valence-electron chi connectivity index (χ3n) is 3.12. The van der Waals surface area contributed by atoms with E-state index in [0.29, 0.717) is 0 Å². The van der Waals surface area contributed by atoms with Gasteiger partial charge in [0, 0.05) is 11.6 Å². The Hall–Kier alpha value is -1.62. The fourth-order valence-electron chi connectivity index (χ4n) is 1.91. The van der Waals surface area contributed by atoms with Gasteiger partial charge in [0.15, 0.2) is 0 Å². The minimum absolute atomic E-state index is 0.0533. The molecule has 1 amide bonds. The zero-order valence-electron chi connectivity index (χ0n) is 10.3. The molecule has 0 spiro atoms. The molecule has 1 aliphatic rings. The largest absolute Gasteiger partial charge is 0.480 e. The summed E-state index contributed by atoms with van der Waals surface area (Å²) in [6, 6.07) is 2.68. The van der Waals surface area contributed by atoms with Gasteiger partial charge in [0.2, 0.25) is 0 Å². The molecule has 6 heteroatoms. The van der Waals surface area contributed by atoms with Gasteiger partial charge >= 0.3 is 5.97 Å². The number of amides is 1. The van der Waals surface area contributed by atoms with Crippen molar-refractivity contribution in [2.24, 2.45) is 0 Å². The molecular weight excluding hydrogens is 273 g/mol. The summed E-state index contributed by atoms with van der Waals surface area (Å²) in [5, 5.41) is 8.90. The number of carbonyl (C=O) groups is 2. The molecule has 0 saturated heterocycles. The van der Waals surface area contributed by atoms with Crippen LogP contribution in [0.15, 0.2) is 18.2 Å². The van der Waals surface area contributed by atoms with E-state index in [2.05, 4.69) is 0 Å². The maximum Gasteiger partial charge on any atom is 0.326 e. The molecule has 0 bridgehead atoms. The van der Waals surface area contributed by atoms with Gasteiger partial charge in [-0.05, 0) is 38.0 Å². The number of hydrogen-bond donors (Lipinski definition) is 1. The number of carboxylic acid groups (broad SMARTS) is 1. The van der Waals surface area contributed by atoms with Crippen molar-refractivity contribution >= 4 is 23.5 Å². The average Bonchev–Trinajstić information content (AvgIpc) is 3.17. The summed E-state index contributed by atoms with van der Waals surface area (Å²) < 4.78 is 13.1. The molecule has 0 aromatic heterocycles. The van der Waals surface area contributed by atoms with Crippen LogP contribution in [0.4, 0.5) is 4.39 Å². The monoisotopic (exact) mass is 285 g/mol. The summed E-state index contributed by atoms with van der Waals surface area (Å²) in [6.45, 7) is 1.46. The summed E-state index contributed by atoms with van der Waals surface area (Å²) in [5.74, 6) is -2.10. The lowest BCUT2D eigenvalue weighted by Gasteiger charge is -2.26. The zero-order chi connectivity index (χ0) is 14.2. The van der Waals surface area contributed by atoms with Gasteiger partial charge < -0.3 is 10.0 Å². The number of carbonyl (C=O) groups excluding carboxylic acids is 1. The highest BCUT2D eigenvalue weighted by Gasteiger charge is 2.38. The lowest BCUT2D eigenvalue weighted by molar-refractivity contribution is -0.141. The van der Waals surface area contributed by atoms with Crippen LogP contribution in [0, 0.1) is 5.82 Å². The molecule has 1 aromatic rings. The van der Waals surface area contributed by atoms with Crippen LogP contribution >= 0.6 is 11.6 Å². The van der Waals surface area contributed by atoms with Crippen LogP contribution in [-0.4, -0.2) is 34.0 Å². The average molecular weight is 286 g/mol. The van der Waals surface area contributed by atoms with Crippen LogP contribution in [0.1, 0.15) is 30.1 Å². The first-order valence-corrected chi connectivity index (χ1v) is 6.30. The van der Waals surface area contributed by atoms with Crippen molar-refractivity contribution in [1.82, 2.24) is 4.90 Å². The maximum absolute atomic E-state index is 13.1. The molecular formula is C13H13ClFNO3. The van der Waals surface area contributed by atoms with Crippen LogP contribution in [0.25, 0.3) is 0 Å². The summed E-state index contributed by atoms with van der Waals surface area (Å²) in [6.07, 6.45) is 1.58. The topological polar surface area (TPSA) is 57.6 Å². The lowest BCUT2D eigenvalue weighted by atomic mass is 10.1. The smallest absolute Gasteiger partial charge is 0.326 e. The van der Waals surface area contributed by atoms with Crippen molar-refractivity contribution in [1.29, 1.82) is 0 Å². The normalized spacial score (nSPS) is 15.9. The first-order chi connectivity index (χ1) is 8.91. The number of benzene rings is 1. The van der Waals surface area contributed by atoms with Crippen molar-refractivity contribution in [3.63, 3.8) is 0 Å². The van der Waals surface area contributed by atoms with Gasteiger partial charge in [0.25, 0.3) is 5.91 Å². The Kier molecular flexibility index (Phi) is 3.75. The fourth-order valence-corrected chi connectivity index (χ4v) is 2.09. The number of halogens is 2. The minimum atomic E-state index is -1.06. The Morgan fingerprint density at radius 3 is 2.58 bits per heavy atom. The van der Waals surface area contributed by atoms with E-state index in [1.165, 1.54) is 24.0 Å². The van der Waals surface area contributed by atoms with E-state index < -0.39 is 23.7 Å². The second-order valence-corrected chi connectivity index (χ2v) is 4.99.